The lowest BCUT2D eigenvalue weighted by molar-refractivity contribution is 0.0695. The zero-order valence-corrected chi connectivity index (χ0v) is 15.3. The molecule has 1 saturated carbocycles. The van der Waals surface area contributed by atoms with Crippen molar-refractivity contribution in [2.45, 2.75) is 25.3 Å². The third kappa shape index (κ3) is 2.49. The minimum absolute atomic E-state index is 0.00397. The van der Waals surface area contributed by atoms with Crippen molar-refractivity contribution in [1.29, 1.82) is 0 Å². The van der Waals surface area contributed by atoms with E-state index in [4.69, 9.17) is 17.3 Å². The van der Waals surface area contributed by atoms with Gasteiger partial charge in [0.2, 0.25) is 5.43 Å². The van der Waals surface area contributed by atoms with Crippen molar-refractivity contribution in [3.05, 3.63) is 45.5 Å². The fraction of sp³-hybridized carbons (Fsp3) is 0.368. The van der Waals surface area contributed by atoms with Crippen LogP contribution in [0.3, 0.4) is 0 Å². The molecular weight excluding hydrogens is 373 g/mol. The number of hydrogen-bond acceptors (Lipinski definition) is 4. The number of halogens is 2. The maximum atomic E-state index is 15.0. The van der Waals surface area contributed by atoms with Gasteiger partial charge in [-0.3, -0.25) is 4.79 Å². The van der Waals surface area contributed by atoms with E-state index < -0.39 is 22.8 Å². The smallest absolute Gasteiger partial charge is 0.341 e. The molecule has 2 aromatic rings. The minimum Gasteiger partial charge on any atom is -0.477 e. The van der Waals surface area contributed by atoms with Gasteiger partial charge in [-0.2, -0.15) is 0 Å². The van der Waals surface area contributed by atoms with Crippen molar-refractivity contribution >= 4 is 40.4 Å². The maximum Gasteiger partial charge on any atom is 0.341 e. The Kier molecular flexibility index (Phi) is 4.05. The number of fused-ring (bicyclic) bond motifs is 1. The second-order valence-electron chi connectivity index (χ2n) is 7.39. The number of benzene rings is 1. The fourth-order valence-corrected chi connectivity index (χ4v) is 4.75. The first-order valence-electron chi connectivity index (χ1n) is 8.72. The number of aromatic carboxylic acids is 1. The van der Waals surface area contributed by atoms with Crippen LogP contribution in [0, 0.1) is 11.2 Å². The molecule has 3 N–H and O–H groups in total. The summed E-state index contributed by atoms with van der Waals surface area (Å²) in [6.07, 6.45) is 5.62. The van der Waals surface area contributed by atoms with Gasteiger partial charge in [0.1, 0.15) is 11.4 Å². The van der Waals surface area contributed by atoms with E-state index in [2.05, 4.69) is 6.58 Å². The lowest BCUT2D eigenvalue weighted by atomic mass is 9.66. The fourth-order valence-electron chi connectivity index (χ4n) is 4.34. The second kappa shape index (κ2) is 6.07. The van der Waals surface area contributed by atoms with Crippen LogP contribution >= 0.6 is 11.6 Å². The van der Waals surface area contributed by atoms with Crippen molar-refractivity contribution < 1.29 is 14.3 Å². The number of pyridine rings is 1. The minimum atomic E-state index is -1.39. The highest BCUT2D eigenvalue weighted by molar-refractivity contribution is 6.38. The van der Waals surface area contributed by atoms with E-state index in [9.17, 15) is 19.1 Å². The first-order chi connectivity index (χ1) is 12.8. The summed E-state index contributed by atoms with van der Waals surface area (Å²) in [5.41, 5.74) is 5.48. The standard InChI is InChI=1S/C19H19ClFN3O3/c1-2-23-7-11(18(26)27)17(25)10-6-12(21)16(14(20)15(10)23)24-8-13(22)19(9-24)4-3-5-19/h2,6-7,13H,1,3-5,8-9,22H2,(H,26,27). The summed E-state index contributed by atoms with van der Waals surface area (Å²) in [6.45, 7) is 4.73. The van der Waals surface area contributed by atoms with Crippen LogP contribution in [0.2, 0.25) is 5.02 Å². The molecule has 1 aromatic carbocycles. The van der Waals surface area contributed by atoms with Gasteiger partial charge in [-0.1, -0.05) is 24.6 Å². The van der Waals surface area contributed by atoms with Gasteiger partial charge in [0.05, 0.1) is 21.6 Å². The molecule has 2 aliphatic rings. The van der Waals surface area contributed by atoms with E-state index in [0.717, 1.165) is 31.5 Å². The summed E-state index contributed by atoms with van der Waals surface area (Å²) in [6, 6.07) is 0.996. The number of carboxylic acid groups (broad SMARTS) is 1. The van der Waals surface area contributed by atoms with E-state index in [0.29, 0.717) is 13.1 Å². The van der Waals surface area contributed by atoms with Gasteiger partial charge in [-0.05, 0) is 18.9 Å². The topological polar surface area (TPSA) is 88.6 Å². The molecule has 6 nitrogen and oxygen atoms in total. The van der Waals surface area contributed by atoms with Crippen LogP contribution < -0.4 is 16.1 Å². The third-order valence-electron chi connectivity index (χ3n) is 5.99. The monoisotopic (exact) mass is 391 g/mol. The molecule has 0 amide bonds. The normalized spacial score (nSPS) is 20.9. The van der Waals surface area contributed by atoms with Gasteiger partial charge < -0.3 is 20.3 Å². The molecule has 0 bridgehead atoms. The van der Waals surface area contributed by atoms with Crippen LogP contribution in [0.1, 0.15) is 29.6 Å². The van der Waals surface area contributed by atoms with Gasteiger partial charge in [0.15, 0.2) is 0 Å². The third-order valence-corrected chi connectivity index (χ3v) is 6.34. The van der Waals surface area contributed by atoms with E-state index >= 15 is 0 Å². The predicted molar refractivity (Wildman–Crippen MR) is 103 cm³/mol. The van der Waals surface area contributed by atoms with Gasteiger partial charge in [-0.25, -0.2) is 9.18 Å². The highest BCUT2D eigenvalue weighted by atomic mass is 35.5. The lowest BCUT2D eigenvalue weighted by Crippen LogP contribution is -2.45. The first-order valence-corrected chi connectivity index (χ1v) is 9.10. The summed E-state index contributed by atoms with van der Waals surface area (Å²) >= 11 is 6.54. The Balaban J connectivity index is 1.94. The number of carbonyl (C=O) groups is 1. The quantitative estimate of drug-likeness (QED) is 0.839. The Bertz CT molecular complexity index is 1040. The van der Waals surface area contributed by atoms with E-state index in [1.54, 1.807) is 0 Å². The van der Waals surface area contributed by atoms with Gasteiger partial charge >= 0.3 is 5.97 Å². The van der Waals surface area contributed by atoms with Crippen molar-refractivity contribution in [2.75, 3.05) is 18.0 Å². The highest BCUT2D eigenvalue weighted by Crippen LogP contribution is 2.50. The lowest BCUT2D eigenvalue weighted by Gasteiger charge is -2.41. The summed E-state index contributed by atoms with van der Waals surface area (Å²) in [7, 11) is 0. The number of anilines is 1. The van der Waals surface area contributed by atoms with Crippen LogP contribution in [0.5, 0.6) is 0 Å². The zero-order valence-electron chi connectivity index (χ0n) is 14.5. The predicted octanol–water partition coefficient (Wildman–Crippen LogP) is 2.91. The Morgan fingerprint density at radius 3 is 2.70 bits per heavy atom. The molecule has 1 spiro atoms. The molecule has 2 heterocycles. The van der Waals surface area contributed by atoms with Crippen molar-refractivity contribution in [3.8, 4) is 0 Å². The maximum absolute atomic E-state index is 15.0. The average molecular weight is 392 g/mol. The van der Waals surface area contributed by atoms with Gasteiger partial charge in [-0.15, -0.1) is 0 Å². The van der Waals surface area contributed by atoms with Crippen LogP contribution in [0.15, 0.2) is 23.6 Å². The second-order valence-corrected chi connectivity index (χ2v) is 7.76. The number of carboxylic acids is 1. The average Bonchev–Trinajstić information content (AvgIpc) is 2.92. The molecule has 1 aliphatic heterocycles. The molecule has 1 aromatic heterocycles. The number of aromatic nitrogens is 1. The van der Waals surface area contributed by atoms with Crippen molar-refractivity contribution in [1.82, 2.24) is 4.57 Å². The largest absolute Gasteiger partial charge is 0.477 e. The van der Waals surface area contributed by atoms with Crippen LogP contribution in [0.4, 0.5) is 10.1 Å². The molecular formula is C19H19ClFN3O3. The molecule has 1 saturated heterocycles. The number of nitrogens with zero attached hydrogens (tertiary/aromatic N) is 2. The zero-order chi connectivity index (χ0) is 19.5. The molecule has 142 valence electrons. The molecule has 1 unspecified atom stereocenters. The summed E-state index contributed by atoms with van der Waals surface area (Å²) in [5.74, 6) is -2.05. The van der Waals surface area contributed by atoms with E-state index in [1.807, 2.05) is 4.90 Å². The molecule has 4 rings (SSSR count). The summed E-state index contributed by atoms with van der Waals surface area (Å²) in [4.78, 5) is 25.7. The molecule has 27 heavy (non-hydrogen) atoms. The summed E-state index contributed by atoms with van der Waals surface area (Å²) in [5, 5.41) is 9.20. The van der Waals surface area contributed by atoms with Crippen LogP contribution in [0.25, 0.3) is 17.1 Å². The Morgan fingerprint density at radius 2 is 2.19 bits per heavy atom. The molecule has 8 heteroatoms. The summed E-state index contributed by atoms with van der Waals surface area (Å²) < 4.78 is 16.3. The van der Waals surface area contributed by atoms with E-state index in [-0.39, 0.29) is 33.1 Å². The molecule has 0 radical (unpaired) electrons. The number of rotatable bonds is 3. The molecule has 2 fully saturated rings. The Labute approximate surface area is 159 Å². The SMILES string of the molecule is C=Cn1cc(C(=O)O)c(=O)c2cc(F)c(N3CC(N)C4(CCC4)C3)c(Cl)c21. The van der Waals surface area contributed by atoms with Crippen LogP contribution in [-0.4, -0.2) is 34.8 Å². The van der Waals surface area contributed by atoms with E-state index in [1.165, 1.54) is 10.8 Å². The Hall–Kier alpha value is -2.38. The first kappa shape index (κ1) is 18.0. The van der Waals surface area contributed by atoms with Crippen molar-refractivity contribution in [2.24, 2.45) is 11.1 Å². The van der Waals surface area contributed by atoms with Crippen LogP contribution in [-0.2, 0) is 0 Å². The Morgan fingerprint density at radius 1 is 1.48 bits per heavy atom. The number of hydrogen-bond donors (Lipinski definition) is 2. The number of nitrogens with two attached hydrogens (primary N) is 1. The molecule has 1 aliphatic carbocycles. The van der Waals surface area contributed by atoms with Gasteiger partial charge in [0.25, 0.3) is 0 Å². The van der Waals surface area contributed by atoms with Gasteiger partial charge in [0, 0.05) is 36.9 Å². The highest BCUT2D eigenvalue weighted by Gasteiger charge is 2.49. The molecule has 1 atom stereocenters. The van der Waals surface area contributed by atoms with Crippen molar-refractivity contribution in [3.63, 3.8) is 0 Å².